The highest BCUT2D eigenvalue weighted by Crippen LogP contribution is 2.29. The fraction of sp³-hybridized carbons (Fsp3) is 0.533. The molecule has 0 saturated heterocycles. The topological polar surface area (TPSA) is 95.5 Å². The molecule has 2 unspecified atom stereocenters. The number of aliphatic carboxylic acids is 1. The lowest BCUT2D eigenvalue weighted by atomic mass is 9.99. The van der Waals surface area contributed by atoms with Crippen LogP contribution in [-0.2, 0) is 16.0 Å². The zero-order chi connectivity index (χ0) is 16.9. The van der Waals surface area contributed by atoms with Crippen molar-refractivity contribution in [3.63, 3.8) is 0 Å². The van der Waals surface area contributed by atoms with E-state index in [4.69, 9.17) is 0 Å². The molecule has 0 aliphatic carbocycles. The van der Waals surface area contributed by atoms with Gasteiger partial charge in [-0.05, 0) is 18.4 Å². The summed E-state index contributed by atoms with van der Waals surface area (Å²) in [6, 6.07) is 0.744. The van der Waals surface area contributed by atoms with Crippen LogP contribution in [0.5, 0.6) is 0 Å². The van der Waals surface area contributed by atoms with Crippen LogP contribution in [0.4, 0.5) is 5.00 Å². The van der Waals surface area contributed by atoms with Gasteiger partial charge < -0.3 is 15.7 Å². The molecule has 3 N–H and O–H groups in total. The Morgan fingerprint density at radius 2 is 1.95 bits per heavy atom. The van der Waals surface area contributed by atoms with E-state index in [2.05, 4.69) is 10.6 Å². The summed E-state index contributed by atoms with van der Waals surface area (Å²) in [6.07, 6.45) is 1.37. The van der Waals surface area contributed by atoms with Gasteiger partial charge in [-0.15, -0.1) is 11.3 Å². The lowest BCUT2D eigenvalue weighted by Crippen LogP contribution is -2.45. The Hall–Kier alpha value is -1.89. The van der Waals surface area contributed by atoms with Crippen LogP contribution in [0.15, 0.2) is 6.07 Å². The van der Waals surface area contributed by atoms with E-state index in [-0.39, 0.29) is 11.8 Å². The molecule has 0 aromatic carbocycles. The van der Waals surface area contributed by atoms with Crippen LogP contribution < -0.4 is 10.6 Å². The first kappa shape index (κ1) is 18.2. The molecule has 122 valence electrons. The van der Waals surface area contributed by atoms with E-state index in [1.54, 1.807) is 13.0 Å². The number of carboxylic acid groups (broad SMARTS) is 1. The normalized spacial score (nSPS) is 13.3. The largest absolute Gasteiger partial charge is 0.480 e. The molecular formula is C15H22N2O4S. The third kappa shape index (κ3) is 4.56. The minimum absolute atomic E-state index is 0.185. The number of nitrogens with one attached hydrogen (secondary N) is 2. The van der Waals surface area contributed by atoms with Crippen molar-refractivity contribution in [3.8, 4) is 0 Å². The highest BCUT2D eigenvalue weighted by atomic mass is 32.1. The molecular weight excluding hydrogens is 304 g/mol. The third-order valence-corrected chi connectivity index (χ3v) is 4.63. The molecule has 0 saturated carbocycles. The van der Waals surface area contributed by atoms with Crippen LogP contribution in [0.2, 0.25) is 0 Å². The molecule has 0 radical (unpaired) electrons. The first-order valence-electron chi connectivity index (χ1n) is 7.24. The fourth-order valence-electron chi connectivity index (χ4n) is 1.94. The van der Waals surface area contributed by atoms with Gasteiger partial charge in [0.1, 0.15) is 11.0 Å². The van der Waals surface area contributed by atoms with E-state index in [0.717, 1.165) is 11.3 Å². The lowest BCUT2D eigenvalue weighted by Gasteiger charge is -2.20. The molecule has 1 rings (SSSR count). The average Bonchev–Trinajstić information content (AvgIpc) is 2.85. The Kier molecular flexibility index (Phi) is 6.55. The maximum atomic E-state index is 12.4. The van der Waals surface area contributed by atoms with Gasteiger partial charge in [-0.25, -0.2) is 4.79 Å². The zero-order valence-corrected chi connectivity index (χ0v) is 14.0. The monoisotopic (exact) mass is 326 g/mol. The Morgan fingerprint density at radius 3 is 2.41 bits per heavy atom. The molecule has 1 aromatic rings. The molecule has 2 amide bonds. The van der Waals surface area contributed by atoms with Crippen molar-refractivity contribution in [2.45, 2.75) is 46.6 Å². The van der Waals surface area contributed by atoms with Crippen LogP contribution in [0.1, 0.15) is 49.4 Å². The zero-order valence-electron chi connectivity index (χ0n) is 13.2. The molecule has 0 aliphatic rings. The van der Waals surface area contributed by atoms with Crippen molar-refractivity contribution in [2.24, 2.45) is 5.92 Å². The summed E-state index contributed by atoms with van der Waals surface area (Å²) in [5.74, 6) is -1.99. The van der Waals surface area contributed by atoms with Gasteiger partial charge in [-0.1, -0.05) is 27.2 Å². The van der Waals surface area contributed by atoms with E-state index in [0.29, 0.717) is 17.0 Å². The van der Waals surface area contributed by atoms with E-state index < -0.39 is 17.9 Å². The van der Waals surface area contributed by atoms with Crippen molar-refractivity contribution < 1.29 is 19.5 Å². The molecule has 0 aliphatic heterocycles. The SMILES string of the molecule is CCc1cc(C(=O)NC(C(=O)O)C(C)CC)c(NC(C)=O)s1. The van der Waals surface area contributed by atoms with Crippen molar-refractivity contribution in [3.05, 3.63) is 16.5 Å². The maximum absolute atomic E-state index is 12.4. The molecule has 2 atom stereocenters. The molecule has 0 spiro atoms. The number of hydrogen-bond acceptors (Lipinski definition) is 4. The van der Waals surface area contributed by atoms with Crippen molar-refractivity contribution in [2.75, 3.05) is 5.32 Å². The van der Waals surface area contributed by atoms with Gasteiger partial charge >= 0.3 is 5.97 Å². The number of amides is 2. The molecule has 1 aromatic heterocycles. The fourth-order valence-corrected chi connectivity index (χ4v) is 2.98. The summed E-state index contributed by atoms with van der Waals surface area (Å²) >= 11 is 1.33. The highest BCUT2D eigenvalue weighted by Gasteiger charge is 2.27. The second-order valence-corrected chi connectivity index (χ2v) is 6.30. The molecule has 0 fully saturated rings. The van der Waals surface area contributed by atoms with E-state index in [1.807, 2.05) is 13.8 Å². The third-order valence-electron chi connectivity index (χ3n) is 3.43. The quantitative estimate of drug-likeness (QED) is 0.717. The number of carbonyl (C=O) groups excluding carboxylic acids is 2. The second kappa shape index (κ2) is 7.93. The summed E-state index contributed by atoms with van der Waals surface area (Å²) in [5, 5.41) is 14.9. The van der Waals surface area contributed by atoms with Crippen LogP contribution in [-0.4, -0.2) is 28.9 Å². The molecule has 7 heteroatoms. The van der Waals surface area contributed by atoms with E-state index in [1.165, 1.54) is 18.3 Å². The Balaban J connectivity index is 3.03. The smallest absolute Gasteiger partial charge is 0.326 e. The van der Waals surface area contributed by atoms with Crippen molar-refractivity contribution in [1.82, 2.24) is 5.32 Å². The molecule has 22 heavy (non-hydrogen) atoms. The number of aryl methyl sites for hydroxylation is 1. The number of thiophene rings is 1. The van der Waals surface area contributed by atoms with Crippen molar-refractivity contribution in [1.29, 1.82) is 0 Å². The van der Waals surface area contributed by atoms with E-state index in [9.17, 15) is 19.5 Å². The Labute approximate surface area is 133 Å². The maximum Gasteiger partial charge on any atom is 0.326 e. The summed E-state index contributed by atoms with van der Waals surface area (Å²) in [4.78, 5) is 35.9. The number of rotatable bonds is 7. The number of anilines is 1. The van der Waals surface area contributed by atoms with Gasteiger partial charge in [0.15, 0.2) is 0 Å². The van der Waals surface area contributed by atoms with E-state index >= 15 is 0 Å². The highest BCUT2D eigenvalue weighted by molar-refractivity contribution is 7.16. The van der Waals surface area contributed by atoms with Crippen LogP contribution in [0.3, 0.4) is 0 Å². The second-order valence-electron chi connectivity index (χ2n) is 5.17. The Bertz CT molecular complexity index is 568. The summed E-state index contributed by atoms with van der Waals surface area (Å²) in [7, 11) is 0. The van der Waals surface area contributed by atoms with Gasteiger partial charge in [0.25, 0.3) is 5.91 Å². The number of carboxylic acids is 1. The van der Waals surface area contributed by atoms with Gasteiger partial charge in [0.2, 0.25) is 5.91 Å². The van der Waals surface area contributed by atoms with Crippen LogP contribution in [0, 0.1) is 5.92 Å². The minimum Gasteiger partial charge on any atom is -0.480 e. The predicted octanol–water partition coefficient (Wildman–Crippen LogP) is 2.50. The predicted molar refractivity (Wildman–Crippen MR) is 86.3 cm³/mol. The molecule has 0 bridgehead atoms. The Morgan fingerprint density at radius 1 is 1.32 bits per heavy atom. The standard InChI is InChI=1S/C15H22N2O4S/c1-5-8(3)12(15(20)21)17-13(19)11-7-10(6-2)22-14(11)16-9(4)18/h7-8,12H,5-6H2,1-4H3,(H,16,18)(H,17,19)(H,20,21). The van der Waals surface area contributed by atoms with Crippen LogP contribution >= 0.6 is 11.3 Å². The van der Waals surface area contributed by atoms with Crippen LogP contribution in [0.25, 0.3) is 0 Å². The minimum atomic E-state index is -1.06. The molecule has 6 nitrogen and oxygen atoms in total. The first-order valence-corrected chi connectivity index (χ1v) is 8.05. The van der Waals surface area contributed by atoms with Gasteiger partial charge in [-0.3, -0.25) is 9.59 Å². The van der Waals surface area contributed by atoms with Crippen molar-refractivity contribution >= 4 is 34.1 Å². The summed E-state index contributed by atoms with van der Waals surface area (Å²) < 4.78 is 0. The first-order chi connectivity index (χ1) is 10.3. The van der Waals surface area contributed by atoms with Gasteiger partial charge in [0.05, 0.1) is 5.56 Å². The van der Waals surface area contributed by atoms with Gasteiger partial charge in [0, 0.05) is 11.8 Å². The lowest BCUT2D eigenvalue weighted by molar-refractivity contribution is -0.140. The van der Waals surface area contributed by atoms with Gasteiger partial charge in [-0.2, -0.15) is 0 Å². The summed E-state index contributed by atoms with van der Waals surface area (Å²) in [6.45, 7) is 6.96. The number of hydrogen-bond donors (Lipinski definition) is 3. The average molecular weight is 326 g/mol. The summed E-state index contributed by atoms with van der Waals surface area (Å²) in [5.41, 5.74) is 0.312. The number of carbonyl (C=O) groups is 3. The molecule has 1 heterocycles.